The molecular formula is C17H21ClN2O4. The molecule has 24 heavy (non-hydrogen) atoms. The topological polar surface area (TPSA) is 94.6 Å². The minimum Gasteiger partial charge on any atom is -0.484 e. The van der Waals surface area contributed by atoms with Gasteiger partial charge < -0.3 is 20.2 Å². The first-order valence-electron chi connectivity index (χ1n) is 7.82. The molecule has 7 heteroatoms. The minimum atomic E-state index is -0.414. The molecule has 1 aliphatic carbocycles. The SMILES string of the molecule is Cl.NC1CCC(NC(=O)COc2ccc3ccc(=O)oc3c2)CC1. The Kier molecular flexibility index (Phi) is 6.23. The van der Waals surface area contributed by atoms with E-state index in [1.165, 1.54) is 6.07 Å². The fourth-order valence-corrected chi connectivity index (χ4v) is 2.81. The van der Waals surface area contributed by atoms with E-state index in [9.17, 15) is 9.59 Å². The van der Waals surface area contributed by atoms with E-state index in [4.69, 9.17) is 14.9 Å². The number of hydrogen-bond donors (Lipinski definition) is 2. The van der Waals surface area contributed by atoms with Crippen molar-refractivity contribution >= 4 is 29.3 Å². The van der Waals surface area contributed by atoms with Crippen LogP contribution in [0.5, 0.6) is 5.75 Å². The van der Waals surface area contributed by atoms with E-state index in [2.05, 4.69) is 5.32 Å². The highest BCUT2D eigenvalue weighted by Crippen LogP contribution is 2.20. The molecule has 3 N–H and O–H groups in total. The van der Waals surface area contributed by atoms with Crippen molar-refractivity contribution in [3.05, 3.63) is 40.8 Å². The van der Waals surface area contributed by atoms with Crippen LogP contribution in [0.2, 0.25) is 0 Å². The average Bonchev–Trinajstić information content (AvgIpc) is 2.54. The number of nitrogens with one attached hydrogen (secondary N) is 1. The number of amides is 1. The predicted octanol–water partition coefficient (Wildman–Crippen LogP) is 1.98. The fraction of sp³-hybridized carbons (Fsp3) is 0.412. The highest BCUT2D eigenvalue weighted by Gasteiger charge is 2.20. The zero-order valence-corrected chi connectivity index (χ0v) is 14.0. The van der Waals surface area contributed by atoms with Gasteiger partial charge in [-0.15, -0.1) is 12.4 Å². The van der Waals surface area contributed by atoms with Crippen LogP contribution in [0.1, 0.15) is 25.7 Å². The van der Waals surface area contributed by atoms with Crippen molar-refractivity contribution in [1.82, 2.24) is 5.32 Å². The lowest BCUT2D eigenvalue weighted by Gasteiger charge is -2.26. The number of ether oxygens (including phenoxy) is 1. The Bertz CT molecular complexity index is 754. The van der Waals surface area contributed by atoms with Gasteiger partial charge in [0.05, 0.1) is 0 Å². The molecule has 6 nitrogen and oxygen atoms in total. The van der Waals surface area contributed by atoms with Crippen LogP contribution in [0.4, 0.5) is 0 Å². The van der Waals surface area contributed by atoms with E-state index in [0.717, 1.165) is 31.1 Å². The van der Waals surface area contributed by atoms with Crippen molar-refractivity contribution in [2.75, 3.05) is 6.61 Å². The summed E-state index contributed by atoms with van der Waals surface area (Å²) in [7, 11) is 0. The number of nitrogens with two attached hydrogens (primary N) is 1. The minimum absolute atomic E-state index is 0. The second kappa shape index (κ2) is 8.17. The molecule has 1 aromatic heterocycles. The summed E-state index contributed by atoms with van der Waals surface area (Å²) in [6.07, 6.45) is 3.70. The molecule has 1 aromatic carbocycles. The van der Waals surface area contributed by atoms with E-state index < -0.39 is 5.63 Å². The first-order chi connectivity index (χ1) is 11.1. The highest BCUT2D eigenvalue weighted by molar-refractivity contribution is 5.85. The van der Waals surface area contributed by atoms with Gasteiger partial charge in [-0.25, -0.2) is 4.79 Å². The standard InChI is InChI=1S/C17H20N2O4.ClH/c18-12-3-5-13(6-4-12)19-16(20)10-22-14-7-1-11-2-8-17(21)23-15(11)9-14;/h1-2,7-9,12-13H,3-6,10,18H2,(H,19,20);1H. The molecule has 2 aromatic rings. The largest absolute Gasteiger partial charge is 0.484 e. The van der Waals surface area contributed by atoms with Crippen LogP contribution in [-0.4, -0.2) is 24.6 Å². The maximum Gasteiger partial charge on any atom is 0.336 e. The summed E-state index contributed by atoms with van der Waals surface area (Å²) in [5.41, 5.74) is 5.88. The fourth-order valence-electron chi connectivity index (χ4n) is 2.81. The van der Waals surface area contributed by atoms with Crippen molar-refractivity contribution in [1.29, 1.82) is 0 Å². The Morgan fingerprint density at radius 1 is 1.21 bits per heavy atom. The number of hydrogen-bond acceptors (Lipinski definition) is 5. The molecule has 0 spiro atoms. The van der Waals surface area contributed by atoms with Crippen LogP contribution < -0.4 is 21.4 Å². The Balaban J connectivity index is 0.00000208. The van der Waals surface area contributed by atoms with Gasteiger partial charge in [0.1, 0.15) is 11.3 Å². The van der Waals surface area contributed by atoms with Crippen molar-refractivity contribution in [2.24, 2.45) is 5.73 Å². The lowest BCUT2D eigenvalue weighted by molar-refractivity contribution is -0.124. The van der Waals surface area contributed by atoms with Crippen LogP contribution in [0, 0.1) is 0 Å². The van der Waals surface area contributed by atoms with Gasteiger partial charge in [0.15, 0.2) is 6.61 Å². The second-order valence-electron chi connectivity index (χ2n) is 5.92. The van der Waals surface area contributed by atoms with Gasteiger partial charge in [0, 0.05) is 29.6 Å². The van der Waals surface area contributed by atoms with Crippen LogP contribution in [0.15, 0.2) is 39.5 Å². The van der Waals surface area contributed by atoms with E-state index in [1.54, 1.807) is 24.3 Å². The van der Waals surface area contributed by atoms with Crippen LogP contribution in [0.25, 0.3) is 11.0 Å². The van der Waals surface area contributed by atoms with Gasteiger partial charge >= 0.3 is 5.63 Å². The zero-order valence-electron chi connectivity index (χ0n) is 13.2. The Morgan fingerprint density at radius 3 is 2.67 bits per heavy atom. The molecule has 0 radical (unpaired) electrons. The summed E-state index contributed by atoms with van der Waals surface area (Å²) >= 11 is 0. The molecule has 0 bridgehead atoms. The van der Waals surface area contributed by atoms with E-state index in [-0.39, 0.29) is 37.0 Å². The maximum absolute atomic E-state index is 11.9. The Hall–Kier alpha value is -2.05. The van der Waals surface area contributed by atoms with Gasteiger partial charge in [0.25, 0.3) is 5.91 Å². The number of carbonyl (C=O) groups excluding carboxylic acids is 1. The van der Waals surface area contributed by atoms with Crippen LogP contribution >= 0.6 is 12.4 Å². The van der Waals surface area contributed by atoms with Gasteiger partial charge in [0.2, 0.25) is 0 Å². The molecule has 1 fully saturated rings. The first kappa shape index (κ1) is 18.3. The molecule has 1 amide bonds. The summed E-state index contributed by atoms with van der Waals surface area (Å²) in [6, 6.07) is 8.64. The van der Waals surface area contributed by atoms with E-state index in [0.29, 0.717) is 11.3 Å². The lowest BCUT2D eigenvalue weighted by Crippen LogP contribution is -2.42. The summed E-state index contributed by atoms with van der Waals surface area (Å²) in [6.45, 7) is -0.0644. The molecule has 0 atom stereocenters. The number of rotatable bonds is 4. The second-order valence-corrected chi connectivity index (χ2v) is 5.92. The molecule has 0 aliphatic heterocycles. The molecular weight excluding hydrogens is 332 g/mol. The number of halogens is 1. The monoisotopic (exact) mass is 352 g/mol. The molecule has 1 saturated carbocycles. The maximum atomic E-state index is 11.9. The molecule has 0 unspecified atom stereocenters. The molecule has 1 heterocycles. The number of fused-ring (bicyclic) bond motifs is 1. The third kappa shape index (κ3) is 4.72. The normalized spacial score (nSPS) is 20.2. The van der Waals surface area contributed by atoms with Crippen molar-refractivity contribution in [3.8, 4) is 5.75 Å². The molecule has 3 rings (SSSR count). The third-order valence-corrected chi connectivity index (χ3v) is 4.10. The van der Waals surface area contributed by atoms with E-state index in [1.807, 2.05) is 0 Å². The Labute approximate surface area is 145 Å². The summed E-state index contributed by atoms with van der Waals surface area (Å²) in [5, 5.41) is 3.77. The van der Waals surface area contributed by atoms with Gasteiger partial charge in [-0.05, 0) is 43.9 Å². The molecule has 1 aliphatic rings. The van der Waals surface area contributed by atoms with Gasteiger partial charge in [-0.1, -0.05) is 0 Å². The van der Waals surface area contributed by atoms with Gasteiger partial charge in [-0.3, -0.25) is 4.79 Å². The molecule has 130 valence electrons. The number of benzene rings is 1. The number of carbonyl (C=O) groups is 1. The predicted molar refractivity (Wildman–Crippen MR) is 93.6 cm³/mol. The van der Waals surface area contributed by atoms with Crippen LogP contribution in [-0.2, 0) is 4.79 Å². The quantitative estimate of drug-likeness (QED) is 0.820. The Morgan fingerprint density at radius 2 is 1.92 bits per heavy atom. The molecule has 0 saturated heterocycles. The van der Waals surface area contributed by atoms with Crippen LogP contribution in [0.3, 0.4) is 0 Å². The summed E-state index contributed by atoms with van der Waals surface area (Å²) < 4.78 is 10.6. The first-order valence-corrected chi connectivity index (χ1v) is 7.82. The third-order valence-electron chi connectivity index (χ3n) is 4.10. The average molecular weight is 353 g/mol. The highest BCUT2D eigenvalue weighted by atomic mass is 35.5. The summed E-state index contributed by atoms with van der Waals surface area (Å²) in [5.74, 6) is 0.341. The van der Waals surface area contributed by atoms with E-state index >= 15 is 0 Å². The lowest BCUT2D eigenvalue weighted by atomic mass is 9.92. The zero-order chi connectivity index (χ0) is 16.2. The van der Waals surface area contributed by atoms with Crippen molar-refractivity contribution < 1.29 is 13.9 Å². The van der Waals surface area contributed by atoms with Crippen molar-refractivity contribution in [3.63, 3.8) is 0 Å². The smallest absolute Gasteiger partial charge is 0.336 e. The summed E-state index contributed by atoms with van der Waals surface area (Å²) in [4.78, 5) is 23.2. The van der Waals surface area contributed by atoms with Gasteiger partial charge in [-0.2, -0.15) is 0 Å². The van der Waals surface area contributed by atoms with Crippen molar-refractivity contribution in [2.45, 2.75) is 37.8 Å².